The molecule has 0 aliphatic heterocycles. The van der Waals surface area contributed by atoms with Crippen molar-refractivity contribution in [3.63, 3.8) is 0 Å². The van der Waals surface area contributed by atoms with Gasteiger partial charge < -0.3 is 4.90 Å². The Balaban J connectivity index is 2.55. The first-order valence-corrected chi connectivity index (χ1v) is 7.06. The Kier molecular flexibility index (Phi) is 4.78. The van der Waals surface area contributed by atoms with Gasteiger partial charge in [0.2, 0.25) is 5.95 Å². The topological polar surface area (TPSA) is 29.0 Å². The molecule has 0 atom stereocenters. The second-order valence-corrected chi connectivity index (χ2v) is 4.85. The number of halogens is 3. The number of hydrogen-bond acceptors (Lipinski definition) is 3. The highest BCUT2D eigenvalue weighted by Gasteiger charge is 2.18. The molecule has 0 radical (unpaired) electrons. The average Bonchev–Trinajstić information content (AvgIpc) is 2.41. The summed E-state index contributed by atoms with van der Waals surface area (Å²) >= 11 is 12.3. The number of benzene rings is 1. The van der Waals surface area contributed by atoms with Crippen LogP contribution in [0.4, 0.5) is 10.3 Å². The highest BCUT2D eigenvalue weighted by atomic mass is 35.5. The molecule has 3 nitrogen and oxygen atoms in total. The molecule has 6 heteroatoms. The van der Waals surface area contributed by atoms with Gasteiger partial charge in [-0.3, -0.25) is 0 Å². The van der Waals surface area contributed by atoms with E-state index in [1.165, 1.54) is 6.07 Å². The van der Waals surface area contributed by atoms with E-state index in [0.29, 0.717) is 17.1 Å². The molecule has 2 aromatic rings. The van der Waals surface area contributed by atoms with Crippen LogP contribution in [-0.4, -0.2) is 23.1 Å². The summed E-state index contributed by atoms with van der Waals surface area (Å²) in [5.74, 6) is 0.0422. The fourth-order valence-electron chi connectivity index (χ4n) is 1.93. The van der Waals surface area contributed by atoms with Crippen LogP contribution in [0.2, 0.25) is 10.3 Å². The van der Waals surface area contributed by atoms with Crippen LogP contribution < -0.4 is 4.90 Å². The van der Waals surface area contributed by atoms with Gasteiger partial charge in [0.15, 0.2) is 0 Å². The number of rotatable bonds is 4. The van der Waals surface area contributed by atoms with E-state index in [9.17, 15) is 4.39 Å². The highest BCUT2D eigenvalue weighted by Crippen LogP contribution is 2.35. The molecule has 106 valence electrons. The normalized spacial score (nSPS) is 10.7. The predicted molar refractivity (Wildman–Crippen MR) is 81.0 cm³/mol. The van der Waals surface area contributed by atoms with Crippen molar-refractivity contribution in [1.29, 1.82) is 0 Å². The molecule has 1 aromatic heterocycles. The maximum atomic E-state index is 13.8. The maximum absolute atomic E-state index is 13.8. The average molecular weight is 314 g/mol. The van der Waals surface area contributed by atoms with E-state index >= 15 is 0 Å². The van der Waals surface area contributed by atoms with E-state index in [1.807, 2.05) is 18.7 Å². The van der Waals surface area contributed by atoms with Gasteiger partial charge >= 0.3 is 0 Å². The smallest absolute Gasteiger partial charge is 0.228 e. The molecule has 1 aromatic carbocycles. The molecule has 1 heterocycles. The molecule has 0 aliphatic rings. The van der Waals surface area contributed by atoms with Crippen molar-refractivity contribution in [3.05, 3.63) is 40.4 Å². The Labute approximate surface area is 127 Å². The molecule has 0 spiro atoms. The molecular formula is C14H14Cl2FN3. The van der Waals surface area contributed by atoms with E-state index < -0.39 is 5.82 Å². The van der Waals surface area contributed by atoms with Crippen molar-refractivity contribution < 1.29 is 4.39 Å². The summed E-state index contributed by atoms with van der Waals surface area (Å²) < 4.78 is 13.8. The third-order valence-electron chi connectivity index (χ3n) is 3.00. The number of aromatic nitrogens is 2. The summed E-state index contributed by atoms with van der Waals surface area (Å²) in [5, 5.41) is 0.300. The van der Waals surface area contributed by atoms with Crippen LogP contribution >= 0.6 is 23.2 Å². The van der Waals surface area contributed by atoms with E-state index in [-0.39, 0.29) is 10.3 Å². The Morgan fingerprint density at radius 1 is 1.05 bits per heavy atom. The third-order valence-corrected chi connectivity index (χ3v) is 3.55. The SMILES string of the molecule is CCN(CC)c1nc(Cl)c(-c2ccccc2F)c(Cl)n1. The fourth-order valence-corrected chi connectivity index (χ4v) is 2.51. The summed E-state index contributed by atoms with van der Waals surface area (Å²) in [7, 11) is 0. The highest BCUT2D eigenvalue weighted by molar-refractivity contribution is 6.37. The summed E-state index contributed by atoms with van der Waals surface area (Å²) in [4.78, 5) is 10.4. The second kappa shape index (κ2) is 6.37. The van der Waals surface area contributed by atoms with Gasteiger partial charge in [0.05, 0.1) is 5.56 Å². The molecule has 0 N–H and O–H groups in total. The van der Waals surface area contributed by atoms with Gasteiger partial charge in [-0.15, -0.1) is 0 Å². The second-order valence-electron chi connectivity index (χ2n) is 4.13. The third kappa shape index (κ3) is 2.86. The lowest BCUT2D eigenvalue weighted by Crippen LogP contribution is -2.24. The summed E-state index contributed by atoms with van der Waals surface area (Å²) in [6, 6.07) is 6.26. The lowest BCUT2D eigenvalue weighted by Gasteiger charge is -2.19. The quantitative estimate of drug-likeness (QED) is 0.782. The summed E-state index contributed by atoms with van der Waals surface area (Å²) in [6.45, 7) is 5.45. The largest absolute Gasteiger partial charge is 0.341 e. The van der Waals surface area contributed by atoms with Crippen LogP contribution in [0.25, 0.3) is 11.1 Å². The lowest BCUT2D eigenvalue weighted by molar-refractivity contribution is 0.631. The lowest BCUT2D eigenvalue weighted by atomic mass is 10.1. The summed E-state index contributed by atoms with van der Waals surface area (Å²) in [5.41, 5.74) is 0.621. The Hall–Kier alpha value is -1.39. The van der Waals surface area contributed by atoms with Crippen molar-refractivity contribution in [2.75, 3.05) is 18.0 Å². The standard InChI is InChI=1S/C14H14Cl2FN3/c1-3-20(4-2)14-18-12(15)11(13(16)19-14)9-7-5-6-8-10(9)17/h5-8H,3-4H2,1-2H3. The first-order chi connectivity index (χ1) is 9.58. The zero-order valence-corrected chi connectivity index (χ0v) is 12.7. The molecular weight excluding hydrogens is 300 g/mol. The van der Waals surface area contributed by atoms with Crippen LogP contribution in [0.5, 0.6) is 0 Å². The minimum Gasteiger partial charge on any atom is -0.341 e. The van der Waals surface area contributed by atoms with Crippen molar-refractivity contribution in [2.45, 2.75) is 13.8 Å². The van der Waals surface area contributed by atoms with Gasteiger partial charge in [-0.2, -0.15) is 0 Å². The number of hydrogen-bond donors (Lipinski definition) is 0. The van der Waals surface area contributed by atoms with E-state index in [4.69, 9.17) is 23.2 Å². The Morgan fingerprint density at radius 3 is 2.10 bits per heavy atom. The van der Waals surface area contributed by atoms with Crippen molar-refractivity contribution >= 4 is 29.2 Å². The van der Waals surface area contributed by atoms with Gasteiger partial charge in [-0.25, -0.2) is 14.4 Å². The van der Waals surface area contributed by atoms with E-state index in [1.54, 1.807) is 18.2 Å². The molecule has 20 heavy (non-hydrogen) atoms. The number of nitrogens with zero attached hydrogens (tertiary/aromatic N) is 3. The first-order valence-electron chi connectivity index (χ1n) is 6.31. The molecule has 0 amide bonds. The maximum Gasteiger partial charge on any atom is 0.228 e. The minimum atomic E-state index is -0.407. The monoisotopic (exact) mass is 313 g/mol. The van der Waals surface area contributed by atoms with Gasteiger partial charge in [-0.05, 0) is 19.9 Å². The molecule has 0 saturated heterocycles. The van der Waals surface area contributed by atoms with Gasteiger partial charge in [-0.1, -0.05) is 41.4 Å². The zero-order valence-electron chi connectivity index (χ0n) is 11.2. The van der Waals surface area contributed by atoms with Crippen LogP contribution in [0, 0.1) is 5.82 Å². The summed E-state index contributed by atoms with van der Waals surface area (Å²) in [6.07, 6.45) is 0. The van der Waals surface area contributed by atoms with Gasteiger partial charge in [0, 0.05) is 18.7 Å². The van der Waals surface area contributed by atoms with Crippen LogP contribution in [0.1, 0.15) is 13.8 Å². The molecule has 0 bridgehead atoms. The van der Waals surface area contributed by atoms with Gasteiger partial charge in [0.1, 0.15) is 16.1 Å². The minimum absolute atomic E-state index is 0.150. The van der Waals surface area contributed by atoms with E-state index in [0.717, 1.165) is 13.1 Å². The van der Waals surface area contributed by atoms with Crippen LogP contribution in [-0.2, 0) is 0 Å². The van der Waals surface area contributed by atoms with Crippen molar-refractivity contribution in [1.82, 2.24) is 9.97 Å². The van der Waals surface area contributed by atoms with Crippen molar-refractivity contribution in [2.24, 2.45) is 0 Å². The van der Waals surface area contributed by atoms with E-state index in [2.05, 4.69) is 9.97 Å². The molecule has 0 fully saturated rings. The Bertz CT molecular complexity index is 592. The van der Waals surface area contributed by atoms with Crippen molar-refractivity contribution in [3.8, 4) is 11.1 Å². The predicted octanol–water partition coefficient (Wildman–Crippen LogP) is 4.44. The molecule has 0 saturated carbocycles. The Morgan fingerprint density at radius 2 is 1.60 bits per heavy atom. The fraction of sp³-hybridized carbons (Fsp3) is 0.286. The van der Waals surface area contributed by atoms with Crippen LogP contribution in [0.15, 0.2) is 24.3 Å². The number of anilines is 1. The molecule has 0 unspecified atom stereocenters. The van der Waals surface area contributed by atoms with Gasteiger partial charge in [0.25, 0.3) is 0 Å². The molecule has 0 aliphatic carbocycles. The molecule has 2 rings (SSSR count). The first kappa shape index (κ1) is 15.0. The zero-order chi connectivity index (χ0) is 14.7. The van der Waals surface area contributed by atoms with Crippen LogP contribution in [0.3, 0.4) is 0 Å².